The van der Waals surface area contributed by atoms with Crippen molar-refractivity contribution in [2.75, 3.05) is 7.05 Å². The summed E-state index contributed by atoms with van der Waals surface area (Å²) in [5, 5.41) is 3.44. The van der Waals surface area contributed by atoms with Gasteiger partial charge in [-0.05, 0) is 56.3 Å². The number of benzene rings is 1. The van der Waals surface area contributed by atoms with Crippen LogP contribution in [0.2, 0.25) is 0 Å². The summed E-state index contributed by atoms with van der Waals surface area (Å²) in [5.74, 6) is 0.946. The number of nitrogens with one attached hydrogen (secondary N) is 1. The van der Waals surface area contributed by atoms with Crippen LogP contribution < -0.4 is 5.32 Å². The molecule has 1 saturated carbocycles. The van der Waals surface area contributed by atoms with Gasteiger partial charge in [0, 0.05) is 10.5 Å². The van der Waals surface area contributed by atoms with Crippen molar-refractivity contribution in [3.8, 4) is 0 Å². The molecular weight excluding hydrogens is 250 g/mol. The minimum Gasteiger partial charge on any atom is -0.317 e. The van der Waals surface area contributed by atoms with Gasteiger partial charge in [0.05, 0.1) is 0 Å². The lowest BCUT2D eigenvalue weighted by Gasteiger charge is -2.14. The molecule has 0 radical (unpaired) electrons. The number of hydrogen-bond acceptors (Lipinski definition) is 1. The molecule has 15 heavy (non-hydrogen) atoms. The molecule has 0 amide bonds. The third kappa shape index (κ3) is 3.32. The number of aryl methyl sites for hydroxylation is 1. The summed E-state index contributed by atoms with van der Waals surface area (Å²) in [6.45, 7) is 0. The molecule has 1 aliphatic carbocycles. The largest absolute Gasteiger partial charge is 0.317 e. The minimum atomic E-state index is 0.726. The van der Waals surface area contributed by atoms with E-state index in [0.29, 0.717) is 0 Å². The lowest BCUT2D eigenvalue weighted by molar-refractivity contribution is 0.470. The lowest BCUT2D eigenvalue weighted by Crippen LogP contribution is -2.27. The van der Waals surface area contributed by atoms with Crippen LogP contribution in [0.3, 0.4) is 0 Å². The van der Waals surface area contributed by atoms with Crippen molar-refractivity contribution >= 4 is 15.9 Å². The average Bonchev–Trinajstić information content (AvgIpc) is 3.03. The smallest absolute Gasteiger partial charge is 0.0177 e. The van der Waals surface area contributed by atoms with Gasteiger partial charge >= 0.3 is 0 Å². The first-order valence-electron chi connectivity index (χ1n) is 5.71. The van der Waals surface area contributed by atoms with Gasteiger partial charge in [0.25, 0.3) is 0 Å². The standard InChI is InChI=1S/C13H18BrN/c1-15-13(11-6-7-11)8-5-10-3-2-4-12(14)9-10/h2-4,9,11,13,15H,5-8H2,1H3. The van der Waals surface area contributed by atoms with Crippen molar-refractivity contribution < 1.29 is 0 Å². The highest BCUT2D eigenvalue weighted by atomic mass is 79.9. The third-order valence-electron chi connectivity index (χ3n) is 3.19. The Balaban J connectivity index is 1.86. The number of halogens is 1. The van der Waals surface area contributed by atoms with Gasteiger partial charge < -0.3 is 5.32 Å². The highest BCUT2D eigenvalue weighted by molar-refractivity contribution is 9.10. The summed E-state index contributed by atoms with van der Waals surface area (Å²) < 4.78 is 1.19. The Morgan fingerprint density at radius 2 is 2.27 bits per heavy atom. The van der Waals surface area contributed by atoms with Gasteiger partial charge in [-0.15, -0.1) is 0 Å². The van der Waals surface area contributed by atoms with Crippen molar-refractivity contribution in [1.82, 2.24) is 5.32 Å². The van der Waals surface area contributed by atoms with E-state index >= 15 is 0 Å². The van der Waals surface area contributed by atoms with Crippen LogP contribution in [0, 0.1) is 5.92 Å². The second-order valence-corrected chi connectivity index (χ2v) is 5.32. The summed E-state index contributed by atoms with van der Waals surface area (Å²) in [6.07, 6.45) is 5.28. The van der Waals surface area contributed by atoms with E-state index in [2.05, 4.69) is 52.6 Å². The van der Waals surface area contributed by atoms with Crippen molar-refractivity contribution in [3.63, 3.8) is 0 Å². The molecule has 1 atom stereocenters. The van der Waals surface area contributed by atoms with E-state index < -0.39 is 0 Å². The molecule has 0 heterocycles. The summed E-state index contributed by atoms with van der Waals surface area (Å²) in [6, 6.07) is 9.36. The maximum absolute atomic E-state index is 3.51. The second kappa shape index (κ2) is 5.13. The predicted octanol–water partition coefficient (Wildman–Crippen LogP) is 3.38. The molecule has 1 fully saturated rings. The summed E-state index contributed by atoms with van der Waals surface area (Å²) in [4.78, 5) is 0. The van der Waals surface area contributed by atoms with E-state index in [0.717, 1.165) is 12.0 Å². The zero-order valence-electron chi connectivity index (χ0n) is 9.17. The Kier molecular flexibility index (Phi) is 3.81. The molecule has 0 aromatic heterocycles. The predicted molar refractivity (Wildman–Crippen MR) is 68.0 cm³/mol. The van der Waals surface area contributed by atoms with Crippen LogP contribution in [0.1, 0.15) is 24.8 Å². The Morgan fingerprint density at radius 3 is 2.87 bits per heavy atom. The Labute approximate surface area is 100 Å². The van der Waals surface area contributed by atoms with Gasteiger partial charge in [0.1, 0.15) is 0 Å². The van der Waals surface area contributed by atoms with E-state index in [1.165, 1.54) is 35.7 Å². The number of hydrogen-bond donors (Lipinski definition) is 1. The topological polar surface area (TPSA) is 12.0 Å². The van der Waals surface area contributed by atoms with Crippen LogP contribution >= 0.6 is 15.9 Å². The molecule has 2 heteroatoms. The molecule has 1 N–H and O–H groups in total. The van der Waals surface area contributed by atoms with Gasteiger partial charge in [-0.1, -0.05) is 28.1 Å². The van der Waals surface area contributed by atoms with Crippen LogP contribution in [-0.4, -0.2) is 13.1 Å². The molecule has 82 valence electrons. The molecular formula is C13H18BrN. The molecule has 1 aromatic carbocycles. The summed E-state index contributed by atoms with van der Waals surface area (Å²) in [7, 11) is 2.09. The van der Waals surface area contributed by atoms with Gasteiger partial charge in [0.15, 0.2) is 0 Å². The fraction of sp³-hybridized carbons (Fsp3) is 0.538. The van der Waals surface area contributed by atoms with Gasteiger partial charge in [-0.2, -0.15) is 0 Å². The number of rotatable bonds is 5. The molecule has 0 spiro atoms. The molecule has 0 saturated heterocycles. The van der Waals surface area contributed by atoms with Gasteiger partial charge in [-0.25, -0.2) is 0 Å². The van der Waals surface area contributed by atoms with Crippen molar-refractivity contribution in [2.24, 2.45) is 5.92 Å². The van der Waals surface area contributed by atoms with Crippen LogP contribution in [-0.2, 0) is 6.42 Å². The molecule has 1 aromatic rings. The highest BCUT2D eigenvalue weighted by Gasteiger charge is 2.29. The van der Waals surface area contributed by atoms with Crippen molar-refractivity contribution in [3.05, 3.63) is 34.3 Å². The van der Waals surface area contributed by atoms with Crippen LogP contribution in [0.4, 0.5) is 0 Å². The lowest BCUT2D eigenvalue weighted by atomic mass is 10.0. The van der Waals surface area contributed by atoms with Crippen LogP contribution in [0.25, 0.3) is 0 Å². The van der Waals surface area contributed by atoms with E-state index in [1.807, 2.05) is 0 Å². The summed E-state index contributed by atoms with van der Waals surface area (Å²) >= 11 is 3.51. The van der Waals surface area contributed by atoms with Crippen molar-refractivity contribution in [2.45, 2.75) is 31.7 Å². The quantitative estimate of drug-likeness (QED) is 0.863. The normalized spacial score (nSPS) is 17.7. The monoisotopic (exact) mass is 267 g/mol. The van der Waals surface area contributed by atoms with E-state index in [9.17, 15) is 0 Å². The fourth-order valence-corrected chi connectivity index (χ4v) is 2.58. The second-order valence-electron chi connectivity index (χ2n) is 4.40. The van der Waals surface area contributed by atoms with Crippen LogP contribution in [0.5, 0.6) is 0 Å². The highest BCUT2D eigenvalue weighted by Crippen LogP contribution is 2.34. The van der Waals surface area contributed by atoms with Gasteiger partial charge in [0.2, 0.25) is 0 Å². The molecule has 1 aliphatic rings. The molecule has 1 nitrogen and oxygen atoms in total. The average molecular weight is 268 g/mol. The first-order chi connectivity index (χ1) is 7.29. The van der Waals surface area contributed by atoms with Gasteiger partial charge in [-0.3, -0.25) is 0 Å². The maximum Gasteiger partial charge on any atom is 0.0177 e. The first-order valence-corrected chi connectivity index (χ1v) is 6.50. The van der Waals surface area contributed by atoms with E-state index in [1.54, 1.807) is 0 Å². The van der Waals surface area contributed by atoms with Crippen molar-refractivity contribution in [1.29, 1.82) is 0 Å². The zero-order chi connectivity index (χ0) is 10.7. The Hall–Kier alpha value is -0.340. The summed E-state index contributed by atoms with van der Waals surface area (Å²) in [5.41, 5.74) is 1.44. The third-order valence-corrected chi connectivity index (χ3v) is 3.69. The molecule has 0 bridgehead atoms. The van der Waals surface area contributed by atoms with E-state index in [-0.39, 0.29) is 0 Å². The fourth-order valence-electron chi connectivity index (χ4n) is 2.13. The molecule has 0 aliphatic heterocycles. The van der Waals surface area contributed by atoms with Crippen LogP contribution in [0.15, 0.2) is 28.7 Å². The molecule has 1 unspecified atom stereocenters. The minimum absolute atomic E-state index is 0.726. The van der Waals surface area contributed by atoms with E-state index in [4.69, 9.17) is 0 Å². The zero-order valence-corrected chi connectivity index (χ0v) is 10.8. The Bertz CT molecular complexity index is 320. The first kappa shape index (κ1) is 11.2. The molecule has 2 rings (SSSR count). The maximum atomic E-state index is 3.51. The SMILES string of the molecule is CNC(CCc1cccc(Br)c1)C1CC1. The Morgan fingerprint density at radius 1 is 1.47 bits per heavy atom.